The molecule has 0 aromatic carbocycles. The zero-order chi connectivity index (χ0) is 19.7. The SMILES string of the molecule is CCCCP(C(C)(C)C)C(C)(C)C.F[B-](F)(F)F.F[B-](F)(F)F. The molecular weight excluding hydrogens is 349 g/mol. The fourth-order valence-corrected chi connectivity index (χ4v) is 5.98. The van der Waals surface area contributed by atoms with E-state index in [0.717, 1.165) is 0 Å². The van der Waals surface area contributed by atoms with Crippen LogP contribution in [-0.2, 0) is 0 Å². The summed E-state index contributed by atoms with van der Waals surface area (Å²) >= 11 is 0. The summed E-state index contributed by atoms with van der Waals surface area (Å²) in [6.07, 6.45) is 4.18. The third-order valence-corrected chi connectivity index (χ3v) is 6.36. The van der Waals surface area contributed by atoms with Gasteiger partial charge in [-0.1, -0.05) is 62.8 Å². The van der Waals surface area contributed by atoms with Crippen molar-refractivity contribution in [1.29, 1.82) is 0 Å². The van der Waals surface area contributed by atoms with E-state index in [1.807, 2.05) is 0 Å². The molecule has 0 spiro atoms. The van der Waals surface area contributed by atoms with Gasteiger partial charge in [-0.2, -0.15) is 0 Å². The summed E-state index contributed by atoms with van der Waals surface area (Å²) in [5.74, 6) is 0. The highest BCUT2D eigenvalue weighted by Gasteiger charge is 2.33. The lowest BCUT2D eigenvalue weighted by atomic mass is 10.2. The molecule has 0 rings (SSSR count). The van der Waals surface area contributed by atoms with E-state index in [1.165, 1.54) is 19.0 Å². The van der Waals surface area contributed by atoms with Crippen molar-refractivity contribution in [2.24, 2.45) is 0 Å². The Balaban J connectivity index is -0.000000329. The van der Waals surface area contributed by atoms with Crippen molar-refractivity contribution in [2.45, 2.75) is 71.6 Å². The maximum atomic E-state index is 9.75. The van der Waals surface area contributed by atoms with Crippen LogP contribution in [0.15, 0.2) is 0 Å². The second kappa shape index (κ2) is 10.8. The first-order valence-electron chi connectivity index (χ1n) is 7.22. The molecule has 0 heterocycles. The van der Waals surface area contributed by atoms with Crippen LogP contribution in [0.5, 0.6) is 0 Å². The molecule has 0 unspecified atom stereocenters. The lowest BCUT2D eigenvalue weighted by Crippen LogP contribution is -2.26. The molecule has 0 amide bonds. The Bertz CT molecular complexity index is 253. The monoisotopic (exact) mass is 376 g/mol. The largest absolute Gasteiger partial charge is 0.673 e. The summed E-state index contributed by atoms with van der Waals surface area (Å²) in [5.41, 5.74) is 0. The second-order valence-corrected chi connectivity index (χ2v) is 10.8. The number of rotatable bonds is 3. The molecule has 0 N–H and O–H groups in total. The quantitative estimate of drug-likeness (QED) is 0.272. The van der Waals surface area contributed by atoms with Crippen LogP contribution in [0.2, 0.25) is 0 Å². The molecule has 0 aromatic rings. The lowest BCUT2D eigenvalue weighted by Gasteiger charge is -2.41. The predicted octanol–water partition coefficient (Wildman–Crippen LogP) is 7.47. The molecule has 0 bridgehead atoms. The Hall–Kier alpha value is -0.000130. The normalized spacial score (nSPS) is 13.0. The van der Waals surface area contributed by atoms with Crippen LogP contribution in [0.3, 0.4) is 0 Å². The van der Waals surface area contributed by atoms with Crippen LogP contribution in [0, 0.1) is 0 Å². The van der Waals surface area contributed by atoms with E-state index in [9.17, 15) is 34.5 Å². The number of unbranched alkanes of at least 4 members (excludes halogenated alkanes) is 1. The van der Waals surface area contributed by atoms with Crippen molar-refractivity contribution in [3.63, 3.8) is 0 Å². The van der Waals surface area contributed by atoms with Gasteiger partial charge in [0.05, 0.1) is 0 Å². The van der Waals surface area contributed by atoms with Crippen molar-refractivity contribution >= 4 is 22.4 Å². The smallest absolute Gasteiger partial charge is 0.418 e. The van der Waals surface area contributed by atoms with Crippen LogP contribution >= 0.6 is 7.92 Å². The van der Waals surface area contributed by atoms with Gasteiger partial charge in [0.2, 0.25) is 0 Å². The molecule has 144 valence electrons. The minimum absolute atomic E-state index is 0.151. The van der Waals surface area contributed by atoms with E-state index >= 15 is 0 Å². The number of hydrogen-bond acceptors (Lipinski definition) is 0. The molecule has 0 aliphatic carbocycles. The molecule has 23 heavy (non-hydrogen) atoms. The van der Waals surface area contributed by atoms with Gasteiger partial charge in [-0.25, -0.2) is 0 Å². The van der Waals surface area contributed by atoms with Gasteiger partial charge in [0, 0.05) is 0 Å². The molecule has 0 fully saturated rings. The van der Waals surface area contributed by atoms with Crippen LogP contribution in [0.4, 0.5) is 34.5 Å². The highest BCUT2D eigenvalue weighted by atomic mass is 31.1. The summed E-state index contributed by atoms with van der Waals surface area (Å²) in [4.78, 5) is 0. The first-order chi connectivity index (χ1) is 9.69. The Morgan fingerprint density at radius 1 is 0.652 bits per heavy atom. The van der Waals surface area contributed by atoms with Gasteiger partial charge in [-0.05, 0) is 22.9 Å². The standard InChI is InChI=1S/C12H27P.2BF4/c1-8-9-10-13(11(2,3)4)12(5,6)7;2*2-1(3,4)5/h8-10H2,1-7H3;;/q;2*-1. The first-order valence-corrected chi connectivity index (χ1v) is 8.74. The maximum absolute atomic E-state index is 9.75. The van der Waals surface area contributed by atoms with E-state index < -0.39 is 14.5 Å². The van der Waals surface area contributed by atoms with Gasteiger partial charge < -0.3 is 34.5 Å². The Morgan fingerprint density at radius 2 is 0.870 bits per heavy atom. The van der Waals surface area contributed by atoms with Gasteiger partial charge in [0.1, 0.15) is 0 Å². The summed E-state index contributed by atoms with van der Waals surface area (Å²) in [6, 6.07) is 0. The Kier molecular flexibility index (Phi) is 13.0. The fourth-order valence-electron chi connectivity index (χ4n) is 1.99. The molecule has 0 atom stereocenters. The van der Waals surface area contributed by atoms with Crippen LogP contribution in [0.1, 0.15) is 61.3 Å². The van der Waals surface area contributed by atoms with Crippen molar-refractivity contribution in [1.82, 2.24) is 0 Å². The van der Waals surface area contributed by atoms with E-state index in [-0.39, 0.29) is 7.92 Å². The van der Waals surface area contributed by atoms with Crippen LogP contribution < -0.4 is 0 Å². The molecule has 0 aliphatic heterocycles. The van der Waals surface area contributed by atoms with Crippen molar-refractivity contribution in [3.05, 3.63) is 0 Å². The summed E-state index contributed by atoms with van der Waals surface area (Å²) in [6.45, 7) is 16.7. The van der Waals surface area contributed by atoms with Gasteiger partial charge in [0.25, 0.3) is 0 Å². The van der Waals surface area contributed by atoms with Gasteiger partial charge in [0.15, 0.2) is 0 Å². The minimum Gasteiger partial charge on any atom is -0.418 e. The predicted molar refractivity (Wildman–Crippen MR) is 86.6 cm³/mol. The molecule has 0 radical (unpaired) electrons. The second-order valence-electron chi connectivity index (χ2n) is 6.84. The fraction of sp³-hybridized carbons (Fsp3) is 1.00. The van der Waals surface area contributed by atoms with Crippen molar-refractivity contribution < 1.29 is 34.5 Å². The topological polar surface area (TPSA) is 0 Å². The van der Waals surface area contributed by atoms with Gasteiger partial charge in [-0.3, -0.25) is 0 Å². The highest BCUT2D eigenvalue weighted by Crippen LogP contribution is 2.59. The molecule has 0 aliphatic rings. The lowest BCUT2D eigenvalue weighted by molar-refractivity contribution is 0.366. The molecule has 0 saturated carbocycles. The van der Waals surface area contributed by atoms with E-state index in [4.69, 9.17) is 0 Å². The zero-order valence-electron chi connectivity index (χ0n) is 14.7. The van der Waals surface area contributed by atoms with Gasteiger partial charge in [-0.15, -0.1) is 0 Å². The number of halogens is 8. The van der Waals surface area contributed by atoms with Crippen LogP contribution in [0.25, 0.3) is 0 Å². The van der Waals surface area contributed by atoms with Crippen molar-refractivity contribution in [3.8, 4) is 0 Å². The minimum atomic E-state index is -6.00. The summed E-state index contributed by atoms with van der Waals surface area (Å²) in [5, 5.41) is 1.03. The van der Waals surface area contributed by atoms with E-state index in [1.54, 1.807) is 0 Å². The molecule has 0 aromatic heterocycles. The van der Waals surface area contributed by atoms with Crippen LogP contribution in [-0.4, -0.2) is 31.0 Å². The number of hydrogen-bond donors (Lipinski definition) is 0. The molecule has 0 nitrogen and oxygen atoms in total. The molecule has 11 heteroatoms. The Morgan fingerprint density at radius 3 is 1.00 bits per heavy atom. The molecule has 0 saturated heterocycles. The average Bonchev–Trinajstić information content (AvgIpc) is 2.07. The van der Waals surface area contributed by atoms with E-state index in [0.29, 0.717) is 10.3 Å². The molecular formula is C12H27B2F8P-2. The Labute approximate surface area is 135 Å². The van der Waals surface area contributed by atoms with E-state index in [2.05, 4.69) is 48.5 Å². The third-order valence-electron chi connectivity index (χ3n) is 2.35. The zero-order valence-corrected chi connectivity index (χ0v) is 15.6. The summed E-state index contributed by atoms with van der Waals surface area (Å²) in [7, 11) is -11.8. The average molecular weight is 376 g/mol. The third kappa shape index (κ3) is 34.4. The highest BCUT2D eigenvalue weighted by molar-refractivity contribution is 7.60. The van der Waals surface area contributed by atoms with Gasteiger partial charge >= 0.3 is 14.5 Å². The van der Waals surface area contributed by atoms with Crippen molar-refractivity contribution in [2.75, 3.05) is 6.16 Å². The first kappa shape index (κ1) is 27.8. The summed E-state index contributed by atoms with van der Waals surface area (Å²) < 4.78 is 78.0. The maximum Gasteiger partial charge on any atom is 0.673 e.